The number of methoxy groups -OCH3 is 1. The van der Waals surface area contributed by atoms with Gasteiger partial charge in [-0.05, 0) is 35.9 Å². The van der Waals surface area contributed by atoms with Crippen molar-refractivity contribution in [1.29, 1.82) is 0 Å². The molecule has 0 saturated heterocycles. The number of ether oxygens (including phenoxy) is 2. The van der Waals surface area contributed by atoms with Crippen LogP contribution in [0.1, 0.15) is 10.4 Å². The monoisotopic (exact) mass is 512 g/mol. The van der Waals surface area contributed by atoms with Crippen LogP contribution in [0.25, 0.3) is 33.4 Å². The van der Waals surface area contributed by atoms with Gasteiger partial charge in [-0.25, -0.2) is 9.67 Å². The van der Waals surface area contributed by atoms with Gasteiger partial charge in [-0.15, -0.1) is 0 Å². The van der Waals surface area contributed by atoms with E-state index in [1.54, 1.807) is 38.2 Å². The summed E-state index contributed by atoms with van der Waals surface area (Å²) >= 11 is 0. The van der Waals surface area contributed by atoms with Gasteiger partial charge in [0.15, 0.2) is 5.65 Å². The molecule has 37 heavy (non-hydrogen) atoms. The highest BCUT2D eigenvalue weighted by Gasteiger charge is 2.19. The number of benzene rings is 2. The first-order valence-electron chi connectivity index (χ1n) is 12.3. The minimum absolute atomic E-state index is 0.147. The summed E-state index contributed by atoms with van der Waals surface area (Å²) in [6, 6.07) is 16.4. The first-order valence-corrected chi connectivity index (χ1v) is 16.0. The van der Waals surface area contributed by atoms with E-state index in [1.165, 1.54) is 4.90 Å². The van der Waals surface area contributed by atoms with E-state index in [1.807, 2.05) is 42.5 Å². The lowest BCUT2D eigenvalue weighted by molar-refractivity contribution is 0.0814. The van der Waals surface area contributed by atoms with Crippen molar-refractivity contribution in [1.82, 2.24) is 19.7 Å². The maximum Gasteiger partial charge on any atom is 0.252 e. The Kier molecular flexibility index (Phi) is 7.85. The third-order valence-electron chi connectivity index (χ3n) is 6.18. The molecule has 0 aliphatic rings. The molecule has 1 amide bonds. The van der Waals surface area contributed by atoms with Crippen molar-refractivity contribution in [3.63, 3.8) is 0 Å². The molecule has 0 saturated carbocycles. The molecule has 0 aliphatic carbocycles. The molecule has 0 spiro atoms. The van der Waals surface area contributed by atoms with E-state index >= 15 is 0 Å². The van der Waals surface area contributed by atoms with Crippen molar-refractivity contribution in [3.8, 4) is 28.1 Å². The van der Waals surface area contributed by atoms with Crippen molar-refractivity contribution in [2.24, 2.45) is 0 Å². The van der Waals surface area contributed by atoms with Crippen LogP contribution in [0.2, 0.25) is 25.7 Å². The fourth-order valence-corrected chi connectivity index (χ4v) is 4.79. The van der Waals surface area contributed by atoms with Gasteiger partial charge in [-0.3, -0.25) is 4.79 Å². The van der Waals surface area contributed by atoms with Crippen LogP contribution in [0.4, 0.5) is 0 Å². The van der Waals surface area contributed by atoms with E-state index in [4.69, 9.17) is 27.4 Å². The van der Waals surface area contributed by atoms with Crippen molar-refractivity contribution >= 4 is 38.3 Å². The summed E-state index contributed by atoms with van der Waals surface area (Å²) in [6.45, 7) is 7.99. The lowest BCUT2D eigenvalue weighted by atomic mass is 9.87. The van der Waals surface area contributed by atoms with Gasteiger partial charge in [0.1, 0.15) is 26.0 Å². The Morgan fingerprint density at radius 2 is 1.84 bits per heavy atom. The maximum absolute atomic E-state index is 12.7. The van der Waals surface area contributed by atoms with E-state index in [9.17, 15) is 4.79 Å². The summed E-state index contributed by atoms with van der Waals surface area (Å²) in [6.07, 6.45) is 1.80. The van der Waals surface area contributed by atoms with Crippen LogP contribution in [-0.2, 0) is 11.5 Å². The molecule has 0 fully saturated rings. The molecule has 2 heterocycles. The highest BCUT2D eigenvalue weighted by Crippen LogP contribution is 2.35. The lowest BCUT2D eigenvalue weighted by Gasteiger charge is -2.15. The van der Waals surface area contributed by atoms with E-state index in [-0.39, 0.29) is 5.91 Å². The molecule has 4 rings (SSSR count). The van der Waals surface area contributed by atoms with Crippen molar-refractivity contribution < 1.29 is 14.3 Å². The predicted molar refractivity (Wildman–Crippen MR) is 152 cm³/mol. The van der Waals surface area contributed by atoms with Crippen LogP contribution in [0.15, 0.2) is 54.7 Å². The average Bonchev–Trinajstić information content (AvgIpc) is 3.23. The number of rotatable bonds is 9. The number of pyridine rings is 1. The largest absolute Gasteiger partial charge is 0.496 e. The molecule has 2 aromatic carbocycles. The quantitative estimate of drug-likeness (QED) is 0.243. The minimum Gasteiger partial charge on any atom is -0.496 e. The summed E-state index contributed by atoms with van der Waals surface area (Å²) in [5, 5.41) is 5.77. The molecule has 0 bridgehead atoms. The molecule has 4 aromatic rings. The number of aromatic nitrogens is 3. The van der Waals surface area contributed by atoms with Gasteiger partial charge >= 0.3 is 0 Å². The summed E-state index contributed by atoms with van der Waals surface area (Å²) in [4.78, 5) is 19.0. The second-order valence-corrected chi connectivity index (χ2v) is 16.1. The Bertz CT molecular complexity index is 1430. The average molecular weight is 512 g/mol. The maximum atomic E-state index is 12.7. The summed E-state index contributed by atoms with van der Waals surface area (Å²) in [5.74, 6) is 0.580. The van der Waals surface area contributed by atoms with E-state index < -0.39 is 8.07 Å². The van der Waals surface area contributed by atoms with Gasteiger partial charge < -0.3 is 14.4 Å². The number of nitrogens with zero attached hydrogens (tertiary/aromatic N) is 4. The number of para-hydroxylation sites is 1. The molecule has 0 unspecified atom stereocenters. The van der Waals surface area contributed by atoms with Gasteiger partial charge in [0, 0.05) is 57.0 Å². The Hall–Kier alpha value is -3.43. The van der Waals surface area contributed by atoms with Gasteiger partial charge in [-0.2, -0.15) is 5.10 Å². The minimum atomic E-state index is -1.20. The Morgan fingerprint density at radius 1 is 1.08 bits per heavy atom. The first-order chi connectivity index (χ1) is 17.6. The Balaban J connectivity index is 1.80. The van der Waals surface area contributed by atoms with Crippen LogP contribution in [0.3, 0.4) is 0 Å². The van der Waals surface area contributed by atoms with Crippen LogP contribution < -0.4 is 10.2 Å². The van der Waals surface area contributed by atoms with Crippen molar-refractivity contribution in [2.45, 2.75) is 32.4 Å². The van der Waals surface area contributed by atoms with Gasteiger partial charge in [0.05, 0.1) is 7.11 Å². The van der Waals surface area contributed by atoms with Gasteiger partial charge in [-0.1, -0.05) is 49.4 Å². The number of carbonyl (C=O) groups is 1. The van der Waals surface area contributed by atoms with Crippen LogP contribution in [0, 0.1) is 0 Å². The molecule has 190 valence electrons. The zero-order chi connectivity index (χ0) is 26.7. The molecule has 0 N–H and O–H groups in total. The zero-order valence-electron chi connectivity index (χ0n) is 22.4. The fourth-order valence-electron chi connectivity index (χ4n) is 4.04. The molecular formula is C28H33BN4O3Si. The van der Waals surface area contributed by atoms with E-state index in [0.717, 1.165) is 45.2 Å². The van der Waals surface area contributed by atoms with Crippen molar-refractivity contribution in [2.75, 3.05) is 27.8 Å². The number of amides is 1. The highest BCUT2D eigenvalue weighted by molar-refractivity contribution is 6.76. The van der Waals surface area contributed by atoms with Crippen LogP contribution >= 0.6 is 0 Å². The molecule has 0 atom stereocenters. The number of hydrogen-bond donors (Lipinski definition) is 0. The number of carbonyl (C=O) groups excluding carboxylic acids is 1. The number of hydrogen-bond acceptors (Lipinski definition) is 5. The topological polar surface area (TPSA) is 69.5 Å². The second-order valence-electron chi connectivity index (χ2n) is 10.5. The molecule has 2 aromatic heterocycles. The van der Waals surface area contributed by atoms with Gasteiger partial charge in [0.2, 0.25) is 0 Å². The van der Waals surface area contributed by atoms with Crippen molar-refractivity contribution in [3.05, 3.63) is 60.3 Å². The number of fused-ring (bicyclic) bond motifs is 1. The highest BCUT2D eigenvalue weighted by atomic mass is 28.3. The Morgan fingerprint density at radius 3 is 2.54 bits per heavy atom. The SMILES string of the molecule is [B]c1ccc(-c2cnc3c(c2)c(-c2ccccc2OC)nn3COCC[Si](C)(C)C)cc1C(=O)N(C)C. The van der Waals surface area contributed by atoms with Crippen LogP contribution in [-0.4, -0.2) is 69.3 Å². The molecular weight excluding hydrogens is 479 g/mol. The molecule has 0 aliphatic heterocycles. The molecule has 2 radical (unpaired) electrons. The van der Waals surface area contributed by atoms with E-state index in [2.05, 4.69) is 19.6 Å². The first kappa shape index (κ1) is 26.6. The Labute approximate surface area is 220 Å². The normalized spacial score (nSPS) is 11.6. The zero-order valence-corrected chi connectivity index (χ0v) is 23.4. The van der Waals surface area contributed by atoms with Crippen LogP contribution in [0.5, 0.6) is 5.75 Å². The summed E-state index contributed by atoms with van der Waals surface area (Å²) < 4.78 is 13.4. The third kappa shape index (κ3) is 5.94. The summed E-state index contributed by atoms with van der Waals surface area (Å²) in [7, 11) is 9.99. The summed E-state index contributed by atoms with van der Waals surface area (Å²) in [5.41, 5.74) is 4.95. The smallest absolute Gasteiger partial charge is 0.252 e. The predicted octanol–water partition coefficient (Wildman–Crippen LogP) is 4.58. The van der Waals surface area contributed by atoms with Gasteiger partial charge in [0.25, 0.3) is 5.91 Å². The third-order valence-corrected chi connectivity index (χ3v) is 7.89. The lowest BCUT2D eigenvalue weighted by Crippen LogP contribution is -2.27. The molecule has 9 heteroatoms. The fraction of sp³-hybridized carbons (Fsp3) is 0.321. The standard InChI is InChI=1S/C28H33BN4O3Si/c1-32(2)28(34)22-15-19(11-12-24(22)29)20-16-23-26(21-9-7-8-10-25(21)35-3)31-33(27(23)30-17-20)18-36-13-14-37(4,5)6/h7-12,15-17H,13-14,18H2,1-6H3. The molecule has 7 nitrogen and oxygen atoms in total. The van der Waals surface area contributed by atoms with E-state index in [0.29, 0.717) is 24.4 Å². The second kappa shape index (κ2) is 10.9.